The average Bonchev–Trinajstić information content (AvgIpc) is 2.40. The van der Waals surface area contributed by atoms with E-state index in [-0.39, 0.29) is 0 Å². The van der Waals surface area contributed by atoms with Gasteiger partial charge in [-0.2, -0.15) is 0 Å². The maximum atomic E-state index is 5.70. The van der Waals surface area contributed by atoms with Gasteiger partial charge in [-0.05, 0) is 43.0 Å². The first kappa shape index (κ1) is 15.9. The molecule has 0 bridgehead atoms. The van der Waals surface area contributed by atoms with E-state index in [9.17, 15) is 0 Å². The van der Waals surface area contributed by atoms with Crippen molar-refractivity contribution in [1.82, 2.24) is 0 Å². The molecule has 0 heterocycles. The van der Waals surface area contributed by atoms with Gasteiger partial charge in [0.2, 0.25) is 0 Å². The number of nitrogens with one attached hydrogen (secondary N) is 1. The number of benzene rings is 1. The molecule has 0 spiro atoms. The number of ether oxygens (including phenoxy) is 1. The van der Waals surface area contributed by atoms with E-state index >= 15 is 0 Å². The van der Waals surface area contributed by atoms with Gasteiger partial charge in [-0.15, -0.1) is 0 Å². The molecule has 1 aromatic rings. The van der Waals surface area contributed by atoms with Crippen LogP contribution in [0.5, 0.6) is 5.75 Å². The lowest BCUT2D eigenvalue weighted by Crippen LogP contribution is -2.03. The van der Waals surface area contributed by atoms with Gasteiger partial charge in [-0.25, -0.2) is 0 Å². The van der Waals surface area contributed by atoms with Gasteiger partial charge in [0.15, 0.2) is 0 Å². The minimum absolute atomic E-state index is 0.698. The highest BCUT2D eigenvalue weighted by molar-refractivity contribution is 5.46. The van der Waals surface area contributed by atoms with E-state index in [1.54, 1.807) is 0 Å². The van der Waals surface area contributed by atoms with Gasteiger partial charge < -0.3 is 10.1 Å². The Hall–Kier alpha value is -1.18. The largest absolute Gasteiger partial charge is 0.494 e. The van der Waals surface area contributed by atoms with Crippen LogP contribution in [-0.2, 0) is 0 Å². The molecule has 0 radical (unpaired) electrons. The maximum absolute atomic E-state index is 5.70. The molecule has 0 aliphatic rings. The number of anilines is 1. The van der Waals surface area contributed by atoms with Crippen LogP contribution in [0.1, 0.15) is 52.9 Å². The third kappa shape index (κ3) is 7.76. The van der Waals surface area contributed by atoms with E-state index in [4.69, 9.17) is 4.74 Å². The molecule has 2 nitrogen and oxygen atoms in total. The second kappa shape index (κ2) is 9.71. The van der Waals surface area contributed by atoms with Crippen molar-refractivity contribution in [3.63, 3.8) is 0 Å². The minimum atomic E-state index is 0.698. The third-order valence-electron chi connectivity index (χ3n) is 3.18. The summed E-state index contributed by atoms with van der Waals surface area (Å²) in [5.41, 5.74) is 1.19. The molecule has 0 amide bonds. The van der Waals surface area contributed by atoms with Gasteiger partial charge in [0.25, 0.3) is 0 Å². The number of hydrogen-bond acceptors (Lipinski definition) is 2. The zero-order chi connectivity index (χ0) is 13.9. The van der Waals surface area contributed by atoms with Gasteiger partial charge in [0.1, 0.15) is 5.75 Å². The monoisotopic (exact) mass is 263 g/mol. The molecule has 0 fully saturated rings. The van der Waals surface area contributed by atoms with Crippen LogP contribution >= 0.6 is 0 Å². The summed E-state index contributed by atoms with van der Waals surface area (Å²) in [7, 11) is 0. The highest BCUT2D eigenvalue weighted by Crippen LogP contribution is 2.16. The van der Waals surface area contributed by atoms with Crippen LogP contribution in [-0.4, -0.2) is 13.2 Å². The van der Waals surface area contributed by atoms with Crippen LogP contribution in [0.25, 0.3) is 0 Å². The van der Waals surface area contributed by atoms with Crippen LogP contribution in [0.3, 0.4) is 0 Å². The first-order chi connectivity index (χ1) is 9.22. The molecule has 0 unspecified atom stereocenters. The highest BCUT2D eigenvalue weighted by atomic mass is 16.5. The van der Waals surface area contributed by atoms with Gasteiger partial charge in [0, 0.05) is 12.2 Å². The van der Waals surface area contributed by atoms with Crippen molar-refractivity contribution in [3.05, 3.63) is 24.3 Å². The van der Waals surface area contributed by atoms with Crippen molar-refractivity contribution in [2.24, 2.45) is 5.92 Å². The lowest BCUT2D eigenvalue weighted by atomic mass is 10.1. The van der Waals surface area contributed by atoms with Crippen molar-refractivity contribution >= 4 is 5.69 Å². The first-order valence-electron chi connectivity index (χ1n) is 7.69. The average molecular weight is 263 g/mol. The Morgan fingerprint density at radius 2 is 1.79 bits per heavy atom. The van der Waals surface area contributed by atoms with E-state index < -0.39 is 0 Å². The zero-order valence-electron chi connectivity index (χ0n) is 12.7. The smallest absolute Gasteiger partial charge is 0.119 e. The van der Waals surface area contributed by atoms with Crippen molar-refractivity contribution < 1.29 is 4.74 Å². The molecular weight excluding hydrogens is 234 g/mol. The fourth-order valence-corrected chi connectivity index (χ4v) is 1.87. The normalized spacial score (nSPS) is 10.7. The van der Waals surface area contributed by atoms with Crippen LogP contribution in [0, 0.1) is 5.92 Å². The van der Waals surface area contributed by atoms with E-state index in [1.165, 1.54) is 31.4 Å². The van der Waals surface area contributed by atoms with Crippen LogP contribution in [0.15, 0.2) is 24.3 Å². The number of hydrogen-bond donors (Lipinski definition) is 1. The summed E-state index contributed by atoms with van der Waals surface area (Å²) in [6.07, 6.45) is 6.31. The van der Waals surface area contributed by atoms with E-state index in [2.05, 4.69) is 50.4 Å². The fraction of sp³-hybridized carbons (Fsp3) is 0.647. The van der Waals surface area contributed by atoms with E-state index in [1.807, 2.05) is 0 Å². The second-order valence-corrected chi connectivity index (χ2v) is 5.54. The molecule has 1 aromatic carbocycles. The third-order valence-corrected chi connectivity index (χ3v) is 3.18. The Morgan fingerprint density at radius 1 is 1.05 bits per heavy atom. The summed E-state index contributed by atoms with van der Waals surface area (Å²) in [4.78, 5) is 0. The second-order valence-electron chi connectivity index (χ2n) is 5.54. The van der Waals surface area contributed by atoms with Gasteiger partial charge in [0.05, 0.1) is 6.61 Å². The number of unbranched alkanes of at least 4 members (excludes halogenated alkanes) is 3. The quantitative estimate of drug-likeness (QED) is 0.593. The summed E-state index contributed by atoms with van der Waals surface area (Å²) in [5.74, 6) is 1.67. The Labute approximate surface area is 118 Å². The van der Waals surface area contributed by atoms with Crippen LogP contribution < -0.4 is 10.1 Å². The molecule has 19 heavy (non-hydrogen) atoms. The van der Waals surface area contributed by atoms with Gasteiger partial charge >= 0.3 is 0 Å². The SMILES string of the molecule is CCCCCCNc1ccc(OCCC(C)C)cc1. The summed E-state index contributed by atoms with van der Waals surface area (Å²) in [5, 5.41) is 3.45. The minimum Gasteiger partial charge on any atom is -0.494 e. The molecule has 0 atom stereocenters. The fourth-order valence-electron chi connectivity index (χ4n) is 1.87. The van der Waals surface area contributed by atoms with Crippen molar-refractivity contribution in [2.75, 3.05) is 18.5 Å². The van der Waals surface area contributed by atoms with Crippen molar-refractivity contribution in [2.45, 2.75) is 52.9 Å². The summed E-state index contributed by atoms with van der Waals surface area (Å²) < 4.78 is 5.70. The lowest BCUT2D eigenvalue weighted by Gasteiger charge is -2.10. The molecule has 0 aromatic heterocycles. The Kier molecular flexibility index (Phi) is 8.11. The Bertz CT molecular complexity index is 319. The van der Waals surface area contributed by atoms with Crippen molar-refractivity contribution in [1.29, 1.82) is 0 Å². The first-order valence-corrected chi connectivity index (χ1v) is 7.69. The summed E-state index contributed by atoms with van der Waals surface area (Å²) in [6, 6.07) is 8.30. The molecule has 108 valence electrons. The van der Waals surface area contributed by atoms with Gasteiger partial charge in [-0.3, -0.25) is 0 Å². The van der Waals surface area contributed by atoms with Gasteiger partial charge in [-0.1, -0.05) is 40.0 Å². The standard InChI is InChI=1S/C17H29NO/c1-4-5-6-7-13-18-16-8-10-17(11-9-16)19-14-12-15(2)3/h8-11,15,18H,4-7,12-14H2,1-3H3. The Morgan fingerprint density at radius 3 is 2.42 bits per heavy atom. The highest BCUT2D eigenvalue weighted by Gasteiger charge is 1.97. The molecular formula is C17H29NO. The summed E-state index contributed by atoms with van der Waals surface area (Å²) in [6.45, 7) is 8.55. The Balaban J connectivity index is 2.19. The van der Waals surface area contributed by atoms with E-state index in [0.29, 0.717) is 5.92 Å². The van der Waals surface area contributed by atoms with E-state index in [0.717, 1.165) is 25.3 Å². The molecule has 1 rings (SSSR count). The maximum Gasteiger partial charge on any atom is 0.119 e. The zero-order valence-corrected chi connectivity index (χ0v) is 12.7. The van der Waals surface area contributed by atoms with Crippen LogP contribution in [0.4, 0.5) is 5.69 Å². The topological polar surface area (TPSA) is 21.3 Å². The molecule has 0 aliphatic heterocycles. The molecule has 0 saturated heterocycles. The van der Waals surface area contributed by atoms with Crippen LogP contribution in [0.2, 0.25) is 0 Å². The lowest BCUT2D eigenvalue weighted by molar-refractivity contribution is 0.289. The van der Waals surface area contributed by atoms with Crippen molar-refractivity contribution in [3.8, 4) is 5.75 Å². The molecule has 0 saturated carbocycles. The summed E-state index contributed by atoms with van der Waals surface area (Å²) >= 11 is 0. The molecule has 0 aliphatic carbocycles. The predicted molar refractivity (Wildman–Crippen MR) is 84.0 cm³/mol. The molecule has 2 heteroatoms. The predicted octanol–water partition coefficient (Wildman–Crippen LogP) is 5.10. The number of rotatable bonds is 10. The molecule has 1 N–H and O–H groups in total.